The molecule has 2 N–H and O–H groups in total. The Hall–Kier alpha value is -3.00. The third-order valence-electron chi connectivity index (χ3n) is 5.31. The van der Waals surface area contributed by atoms with E-state index in [1.54, 1.807) is 19.1 Å². The first-order valence-electron chi connectivity index (χ1n) is 10.4. The predicted molar refractivity (Wildman–Crippen MR) is 127 cm³/mol. The van der Waals surface area contributed by atoms with Crippen LogP contribution in [0.15, 0.2) is 83.8 Å². The number of nitrogens with zero attached hydrogens (tertiary/aromatic N) is 1. The minimum absolute atomic E-state index is 0.00124. The average Bonchev–Trinajstić information content (AvgIpc) is 2.79. The van der Waals surface area contributed by atoms with Crippen molar-refractivity contribution in [2.45, 2.75) is 24.4 Å². The number of amides is 1. The van der Waals surface area contributed by atoms with Crippen molar-refractivity contribution in [3.05, 3.63) is 101 Å². The highest BCUT2D eigenvalue weighted by molar-refractivity contribution is 7.89. The zero-order chi connectivity index (χ0) is 23.1. The van der Waals surface area contributed by atoms with Gasteiger partial charge in [-0.1, -0.05) is 66.7 Å². The van der Waals surface area contributed by atoms with E-state index < -0.39 is 10.0 Å². The van der Waals surface area contributed by atoms with E-state index in [4.69, 9.17) is 0 Å². The molecule has 0 saturated carbocycles. The topological polar surface area (TPSA) is 78.5 Å². The third-order valence-corrected chi connectivity index (χ3v) is 6.86. The minimum Gasteiger partial charge on any atom is -0.350 e. The Morgan fingerprint density at radius 1 is 0.938 bits per heavy atom. The normalized spacial score (nSPS) is 12.5. The molecule has 0 saturated heterocycles. The number of hydrogen-bond acceptors (Lipinski definition) is 4. The van der Waals surface area contributed by atoms with Crippen LogP contribution in [0.25, 0.3) is 0 Å². The molecule has 0 aliphatic rings. The molecule has 3 aromatic carbocycles. The van der Waals surface area contributed by atoms with Crippen LogP contribution in [0, 0.1) is 6.92 Å². The van der Waals surface area contributed by atoms with Gasteiger partial charge in [-0.3, -0.25) is 4.79 Å². The van der Waals surface area contributed by atoms with Crippen molar-refractivity contribution in [2.24, 2.45) is 0 Å². The van der Waals surface area contributed by atoms with Crippen LogP contribution in [-0.4, -0.2) is 39.9 Å². The van der Waals surface area contributed by atoms with Gasteiger partial charge in [-0.15, -0.1) is 0 Å². The summed E-state index contributed by atoms with van der Waals surface area (Å²) < 4.78 is 28.4. The number of sulfonamides is 1. The molecule has 0 bridgehead atoms. The molecule has 32 heavy (non-hydrogen) atoms. The summed E-state index contributed by atoms with van der Waals surface area (Å²) in [6.07, 6.45) is 0. The molecule has 0 aromatic heterocycles. The molecular formula is C25H29N3O3S. The van der Waals surface area contributed by atoms with Gasteiger partial charge in [0.05, 0.1) is 10.9 Å². The number of aryl methyl sites for hydroxylation is 1. The molecule has 1 unspecified atom stereocenters. The summed E-state index contributed by atoms with van der Waals surface area (Å²) in [5, 5.41) is 2.94. The Bertz CT molecular complexity index is 1150. The number of likely N-dealkylation sites (N-methyl/N-ethyl adjacent to an activating group) is 1. The Morgan fingerprint density at radius 2 is 1.56 bits per heavy atom. The van der Waals surface area contributed by atoms with Gasteiger partial charge in [-0.05, 0) is 49.8 Å². The number of benzene rings is 3. The van der Waals surface area contributed by atoms with E-state index in [9.17, 15) is 13.2 Å². The molecule has 7 heteroatoms. The highest BCUT2D eigenvalue weighted by Crippen LogP contribution is 2.19. The quantitative estimate of drug-likeness (QED) is 0.522. The number of carbonyl (C=O) groups excluding carboxylic acids is 1. The fraction of sp³-hybridized carbons (Fsp3) is 0.240. The van der Waals surface area contributed by atoms with E-state index in [0.29, 0.717) is 17.7 Å². The lowest BCUT2D eigenvalue weighted by atomic mass is 10.1. The maximum Gasteiger partial charge on any atom is 0.251 e. The zero-order valence-corrected chi connectivity index (χ0v) is 19.4. The van der Waals surface area contributed by atoms with Crippen LogP contribution in [0.2, 0.25) is 0 Å². The Labute approximate surface area is 190 Å². The van der Waals surface area contributed by atoms with Crippen LogP contribution >= 0.6 is 0 Å². The van der Waals surface area contributed by atoms with Gasteiger partial charge < -0.3 is 10.2 Å². The van der Waals surface area contributed by atoms with Crippen molar-refractivity contribution in [3.63, 3.8) is 0 Å². The van der Waals surface area contributed by atoms with Gasteiger partial charge in [-0.2, -0.15) is 0 Å². The molecule has 0 radical (unpaired) electrons. The van der Waals surface area contributed by atoms with E-state index >= 15 is 0 Å². The standard InChI is InChI=1S/C25H29N3O3S/c1-19-14-15-22(16-24(19)32(30,31)27-17-20-10-6-4-7-11-20)25(29)26-18-23(28(2)3)21-12-8-5-9-13-21/h4-16,23,27H,17-18H2,1-3H3,(H,26,29). The molecule has 1 amide bonds. The molecule has 0 aliphatic carbocycles. The molecule has 6 nitrogen and oxygen atoms in total. The molecular weight excluding hydrogens is 422 g/mol. The lowest BCUT2D eigenvalue weighted by Gasteiger charge is -2.25. The second-order valence-electron chi connectivity index (χ2n) is 7.89. The second-order valence-corrected chi connectivity index (χ2v) is 9.63. The summed E-state index contributed by atoms with van der Waals surface area (Å²) in [4.78, 5) is 15.0. The third kappa shape index (κ3) is 6.03. The molecule has 3 aromatic rings. The number of nitrogens with one attached hydrogen (secondary N) is 2. The first-order valence-corrected chi connectivity index (χ1v) is 11.9. The molecule has 168 valence electrons. The first kappa shape index (κ1) is 23.7. The van der Waals surface area contributed by atoms with E-state index in [1.807, 2.05) is 79.7 Å². The van der Waals surface area contributed by atoms with Crippen molar-refractivity contribution >= 4 is 15.9 Å². The van der Waals surface area contributed by atoms with Gasteiger partial charge in [0.2, 0.25) is 10.0 Å². The summed E-state index contributed by atoms with van der Waals surface area (Å²) in [5.41, 5.74) is 2.84. The maximum atomic E-state index is 12.9. The van der Waals surface area contributed by atoms with Gasteiger partial charge >= 0.3 is 0 Å². The zero-order valence-electron chi connectivity index (χ0n) is 18.6. The van der Waals surface area contributed by atoms with Crippen molar-refractivity contribution in [3.8, 4) is 0 Å². The van der Waals surface area contributed by atoms with Gasteiger partial charge in [-0.25, -0.2) is 13.1 Å². The lowest BCUT2D eigenvalue weighted by Crippen LogP contribution is -2.34. The van der Waals surface area contributed by atoms with Crippen LogP contribution in [0.4, 0.5) is 0 Å². The largest absolute Gasteiger partial charge is 0.350 e. The van der Waals surface area contributed by atoms with E-state index in [2.05, 4.69) is 10.0 Å². The van der Waals surface area contributed by atoms with E-state index in [0.717, 1.165) is 11.1 Å². The van der Waals surface area contributed by atoms with Crippen LogP contribution in [-0.2, 0) is 16.6 Å². The Morgan fingerprint density at radius 3 is 2.19 bits per heavy atom. The molecule has 0 spiro atoms. The summed E-state index contributed by atoms with van der Waals surface area (Å²) in [6, 6.07) is 24.0. The van der Waals surface area contributed by atoms with Crippen molar-refractivity contribution < 1.29 is 13.2 Å². The van der Waals surface area contributed by atoms with E-state index in [1.165, 1.54) is 6.07 Å². The van der Waals surface area contributed by atoms with Gasteiger partial charge in [0.1, 0.15) is 0 Å². The van der Waals surface area contributed by atoms with Crippen molar-refractivity contribution in [1.82, 2.24) is 14.9 Å². The van der Waals surface area contributed by atoms with Crippen molar-refractivity contribution in [2.75, 3.05) is 20.6 Å². The molecule has 1 atom stereocenters. The summed E-state index contributed by atoms with van der Waals surface area (Å²) >= 11 is 0. The van der Waals surface area contributed by atoms with E-state index in [-0.39, 0.29) is 23.4 Å². The number of hydrogen-bond donors (Lipinski definition) is 2. The molecule has 3 rings (SSSR count). The van der Waals surface area contributed by atoms with Crippen LogP contribution < -0.4 is 10.0 Å². The number of carbonyl (C=O) groups is 1. The summed E-state index contributed by atoms with van der Waals surface area (Å²) in [7, 11) is 0.143. The van der Waals surface area contributed by atoms with Gasteiger partial charge in [0.25, 0.3) is 5.91 Å². The average molecular weight is 452 g/mol. The maximum absolute atomic E-state index is 12.9. The highest BCUT2D eigenvalue weighted by atomic mass is 32.2. The van der Waals surface area contributed by atoms with Crippen LogP contribution in [0.3, 0.4) is 0 Å². The Balaban J connectivity index is 1.73. The Kier molecular flexibility index (Phi) is 7.80. The number of rotatable bonds is 9. The first-order chi connectivity index (χ1) is 15.3. The molecule has 0 heterocycles. The van der Waals surface area contributed by atoms with Crippen LogP contribution in [0.1, 0.15) is 33.1 Å². The summed E-state index contributed by atoms with van der Waals surface area (Å²) in [6.45, 7) is 2.30. The summed E-state index contributed by atoms with van der Waals surface area (Å²) in [5.74, 6) is -0.313. The van der Waals surface area contributed by atoms with Crippen molar-refractivity contribution in [1.29, 1.82) is 0 Å². The monoisotopic (exact) mass is 451 g/mol. The smallest absolute Gasteiger partial charge is 0.251 e. The fourth-order valence-electron chi connectivity index (χ4n) is 3.45. The molecule has 0 fully saturated rings. The molecule has 0 aliphatic heterocycles. The fourth-order valence-corrected chi connectivity index (χ4v) is 4.73. The highest BCUT2D eigenvalue weighted by Gasteiger charge is 2.20. The SMILES string of the molecule is Cc1ccc(C(=O)NCC(c2ccccc2)N(C)C)cc1S(=O)(=O)NCc1ccccc1. The minimum atomic E-state index is -3.77. The second kappa shape index (κ2) is 10.5. The van der Waals surface area contributed by atoms with Gasteiger partial charge in [0.15, 0.2) is 0 Å². The lowest BCUT2D eigenvalue weighted by molar-refractivity contribution is 0.0941. The predicted octanol–water partition coefficient (Wildman–Crippen LogP) is 3.51. The van der Waals surface area contributed by atoms with Crippen LogP contribution in [0.5, 0.6) is 0 Å². The van der Waals surface area contributed by atoms with Gasteiger partial charge in [0, 0.05) is 18.7 Å².